The number of hydrogen-bond donors (Lipinski definition) is 2. The molecule has 0 saturated carbocycles. The molecule has 3 aromatic carbocycles. The zero-order valence-corrected chi connectivity index (χ0v) is 20.3. The van der Waals surface area contributed by atoms with Gasteiger partial charge in [0.25, 0.3) is 5.91 Å². The van der Waals surface area contributed by atoms with Crippen molar-refractivity contribution in [1.82, 2.24) is 14.6 Å². The second-order valence-corrected chi connectivity index (χ2v) is 10.6. The molecule has 1 unspecified atom stereocenters. The van der Waals surface area contributed by atoms with Gasteiger partial charge in [0, 0.05) is 48.2 Å². The number of para-hydroxylation sites is 1. The van der Waals surface area contributed by atoms with E-state index in [1.165, 1.54) is 16.4 Å². The van der Waals surface area contributed by atoms with Crippen LogP contribution in [0.3, 0.4) is 0 Å². The number of benzene rings is 3. The first kappa shape index (κ1) is 23.7. The van der Waals surface area contributed by atoms with Crippen LogP contribution in [0, 0.1) is 0 Å². The van der Waals surface area contributed by atoms with Gasteiger partial charge in [-0.15, -0.1) is 0 Å². The highest BCUT2D eigenvalue weighted by atomic mass is 32.2. The van der Waals surface area contributed by atoms with E-state index in [1.54, 1.807) is 19.2 Å². The molecule has 0 fully saturated rings. The van der Waals surface area contributed by atoms with E-state index in [0.717, 1.165) is 22.0 Å². The molecule has 1 aromatic heterocycles. The Kier molecular flexibility index (Phi) is 6.86. The zero-order chi connectivity index (χ0) is 24.3. The van der Waals surface area contributed by atoms with Gasteiger partial charge >= 0.3 is 0 Å². The second kappa shape index (κ2) is 9.83. The van der Waals surface area contributed by atoms with E-state index in [2.05, 4.69) is 16.4 Å². The molecule has 0 aliphatic heterocycles. The Morgan fingerprint density at radius 2 is 1.68 bits per heavy atom. The van der Waals surface area contributed by atoms with Crippen molar-refractivity contribution >= 4 is 26.8 Å². The quantitative estimate of drug-likeness (QED) is 0.386. The van der Waals surface area contributed by atoms with Gasteiger partial charge in [-0.1, -0.05) is 54.6 Å². The molecule has 6 nitrogen and oxygen atoms in total. The standard InChI is InChI=1S/C27H29N3O3S/c1-19(2)30(3)34(32,33)22-13-9-12-21(16-22)27(31)29-17-24(20-10-5-4-6-11-20)25-18-28-26-15-8-7-14-23(25)26/h4-16,18-19,24,28H,17H2,1-3H3,(H,29,31). The first-order valence-electron chi connectivity index (χ1n) is 11.3. The molecule has 4 rings (SSSR count). The molecule has 1 amide bonds. The summed E-state index contributed by atoms with van der Waals surface area (Å²) >= 11 is 0. The van der Waals surface area contributed by atoms with Gasteiger partial charge in [-0.25, -0.2) is 8.42 Å². The molecule has 0 radical (unpaired) electrons. The van der Waals surface area contributed by atoms with Gasteiger partial charge in [0.2, 0.25) is 10.0 Å². The minimum atomic E-state index is -3.68. The third-order valence-corrected chi connectivity index (χ3v) is 8.20. The van der Waals surface area contributed by atoms with Crippen LogP contribution in [0.1, 0.15) is 41.3 Å². The average Bonchev–Trinajstić information content (AvgIpc) is 3.28. The third-order valence-electron chi connectivity index (χ3n) is 6.17. The number of carbonyl (C=O) groups is 1. The lowest BCUT2D eigenvalue weighted by Gasteiger charge is -2.21. The van der Waals surface area contributed by atoms with Gasteiger partial charge in [0.15, 0.2) is 0 Å². The maximum Gasteiger partial charge on any atom is 0.251 e. The van der Waals surface area contributed by atoms with E-state index in [0.29, 0.717) is 12.1 Å². The lowest BCUT2D eigenvalue weighted by molar-refractivity contribution is 0.0952. The highest BCUT2D eigenvalue weighted by Gasteiger charge is 2.24. The van der Waals surface area contributed by atoms with E-state index in [9.17, 15) is 13.2 Å². The summed E-state index contributed by atoms with van der Waals surface area (Å²) in [5.41, 5.74) is 3.53. The molecule has 4 aromatic rings. The van der Waals surface area contributed by atoms with Gasteiger partial charge < -0.3 is 10.3 Å². The van der Waals surface area contributed by atoms with E-state index < -0.39 is 10.0 Å². The molecule has 34 heavy (non-hydrogen) atoms. The number of nitrogens with zero attached hydrogens (tertiary/aromatic N) is 1. The van der Waals surface area contributed by atoms with Crippen molar-refractivity contribution in [1.29, 1.82) is 0 Å². The monoisotopic (exact) mass is 475 g/mol. The van der Waals surface area contributed by atoms with E-state index >= 15 is 0 Å². The van der Waals surface area contributed by atoms with Crippen molar-refractivity contribution < 1.29 is 13.2 Å². The van der Waals surface area contributed by atoms with E-state index in [-0.39, 0.29) is 22.8 Å². The SMILES string of the molecule is CC(C)N(C)S(=O)(=O)c1cccc(C(=O)NCC(c2ccccc2)c2c[nH]c3ccccc23)c1. The van der Waals surface area contributed by atoms with Crippen LogP contribution < -0.4 is 5.32 Å². The molecule has 1 heterocycles. The molecular weight excluding hydrogens is 446 g/mol. The smallest absolute Gasteiger partial charge is 0.251 e. The molecule has 7 heteroatoms. The summed E-state index contributed by atoms with van der Waals surface area (Å²) in [6.45, 7) is 3.98. The Bertz CT molecular complexity index is 1390. The Morgan fingerprint density at radius 1 is 0.971 bits per heavy atom. The van der Waals surface area contributed by atoms with Crippen molar-refractivity contribution in [3.05, 3.63) is 102 Å². The molecule has 1 atom stereocenters. The minimum Gasteiger partial charge on any atom is -0.361 e. The summed E-state index contributed by atoms with van der Waals surface area (Å²) in [7, 11) is -2.14. The summed E-state index contributed by atoms with van der Waals surface area (Å²) in [6, 6.07) is 24.1. The molecule has 0 saturated heterocycles. The summed E-state index contributed by atoms with van der Waals surface area (Å²) in [6.07, 6.45) is 1.99. The number of sulfonamides is 1. The van der Waals surface area contributed by atoms with Crippen molar-refractivity contribution in [3.8, 4) is 0 Å². The third kappa shape index (κ3) is 4.76. The van der Waals surface area contributed by atoms with Gasteiger partial charge in [-0.05, 0) is 49.2 Å². The lowest BCUT2D eigenvalue weighted by Crippen LogP contribution is -2.33. The molecule has 0 spiro atoms. The fraction of sp³-hybridized carbons (Fsp3) is 0.222. The van der Waals surface area contributed by atoms with Crippen LogP contribution >= 0.6 is 0 Å². The summed E-state index contributed by atoms with van der Waals surface area (Å²) in [5, 5.41) is 4.13. The number of aromatic amines is 1. The van der Waals surface area contributed by atoms with Crippen molar-refractivity contribution in [2.45, 2.75) is 30.7 Å². The van der Waals surface area contributed by atoms with Crippen LogP contribution in [-0.2, 0) is 10.0 Å². The van der Waals surface area contributed by atoms with E-state index in [4.69, 9.17) is 0 Å². The Morgan fingerprint density at radius 3 is 2.41 bits per heavy atom. The molecule has 0 aliphatic carbocycles. The number of carbonyl (C=O) groups excluding carboxylic acids is 1. The molecule has 2 N–H and O–H groups in total. The predicted octanol–water partition coefficient (Wildman–Crippen LogP) is 4.76. The number of aromatic nitrogens is 1. The molecule has 0 bridgehead atoms. The highest BCUT2D eigenvalue weighted by molar-refractivity contribution is 7.89. The number of hydrogen-bond acceptors (Lipinski definition) is 3. The number of amides is 1. The van der Waals surface area contributed by atoms with Crippen molar-refractivity contribution in [3.63, 3.8) is 0 Å². The lowest BCUT2D eigenvalue weighted by atomic mass is 9.91. The summed E-state index contributed by atoms with van der Waals surface area (Å²) < 4.78 is 27.0. The number of nitrogens with one attached hydrogen (secondary N) is 2. The van der Waals surface area contributed by atoms with Gasteiger partial charge in [-0.3, -0.25) is 4.79 Å². The number of fused-ring (bicyclic) bond motifs is 1. The summed E-state index contributed by atoms with van der Waals surface area (Å²) in [5.74, 6) is -0.384. The molecule has 176 valence electrons. The first-order chi connectivity index (χ1) is 16.3. The fourth-order valence-corrected chi connectivity index (χ4v) is 5.43. The normalized spacial score (nSPS) is 12.9. The number of H-pyrrole nitrogens is 1. The van der Waals surface area contributed by atoms with Crippen LogP contribution in [-0.4, -0.2) is 43.2 Å². The van der Waals surface area contributed by atoms with Crippen LogP contribution in [0.15, 0.2) is 90.0 Å². The van der Waals surface area contributed by atoms with Crippen LogP contribution in [0.5, 0.6) is 0 Å². The van der Waals surface area contributed by atoms with Crippen LogP contribution in [0.4, 0.5) is 0 Å². The predicted molar refractivity (Wildman–Crippen MR) is 135 cm³/mol. The Hall–Kier alpha value is -3.42. The largest absolute Gasteiger partial charge is 0.361 e. The second-order valence-electron chi connectivity index (χ2n) is 8.61. The van der Waals surface area contributed by atoms with Crippen LogP contribution in [0.2, 0.25) is 0 Å². The van der Waals surface area contributed by atoms with Crippen LogP contribution in [0.25, 0.3) is 10.9 Å². The van der Waals surface area contributed by atoms with Gasteiger partial charge in [-0.2, -0.15) is 4.31 Å². The zero-order valence-electron chi connectivity index (χ0n) is 19.5. The number of rotatable bonds is 8. The maximum absolute atomic E-state index is 13.1. The molecule has 0 aliphatic rings. The average molecular weight is 476 g/mol. The molecular formula is C27H29N3O3S. The maximum atomic E-state index is 13.1. The van der Waals surface area contributed by atoms with Crippen molar-refractivity contribution in [2.75, 3.05) is 13.6 Å². The minimum absolute atomic E-state index is 0.0692. The highest BCUT2D eigenvalue weighted by Crippen LogP contribution is 2.30. The van der Waals surface area contributed by atoms with Gasteiger partial charge in [0.1, 0.15) is 0 Å². The van der Waals surface area contributed by atoms with Gasteiger partial charge in [0.05, 0.1) is 4.90 Å². The fourth-order valence-electron chi connectivity index (χ4n) is 4.01. The Balaban J connectivity index is 1.60. The first-order valence-corrected chi connectivity index (χ1v) is 12.7. The summed E-state index contributed by atoms with van der Waals surface area (Å²) in [4.78, 5) is 16.5. The van der Waals surface area contributed by atoms with Crippen molar-refractivity contribution in [2.24, 2.45) is 0 Å². The Labute approximate surface area is 200 Å². The van der Waals surface area contributed by atoms with E-state index in [1.807, 2.05) is 68.6 Å². The topological polar surface area (TPSA) is 82.3 Å².